The fraction of sp³-hybridized carbons (Fsp3) is 0.623. The number of carboxylic acid groups (broad SMARTS) is 3. The standard InChI is InChI=1S/C69H96F2N12O14/c1-49-14-16-51(17-15-49)10-9-13-54(84)12-6-4-3-5-11-52(18-19-55(85)44-77-25-27-78(45-63(88)89)29-31-80(47-65(92)93)32-30-79(28-26-77)46-64(90)91)75-60-39-61(86)82(68(60)96)43-50(2)67(95)81-35-33-76(34-36-81)24-7-8-37-97-56-20-21-59-58(38-56)57(22-23-73-59)66(94)74-42-62(87)83-48-69(70,71)40-53(83)41-72/h14-17,20-23,38,50,52-53,60,75H,3-13,18-19,24-37,39-40,42-48H2,1-2H3,(H,74,94)(H,88,89)(H,90,91)(H,92,93)/t50?,52?,53-,60?/m1/s1. The summed E-state index contributed by atoms with van der Waals surface area (Å²) in [4.78, 5) is 147. The highest BCUT2D eigenvalue weighted by atomic mass is 19.3. The van der Waals surface area contributed by atoms with Gasteiger partial charge < -0.3 is 40.5 Å². The number of imide groups is 1. The molecule has 1 aromatic heterocycles. The molecule has 0 spiro atoms. The number of nitrogens with zero attached hydrogens (tertiary/aromatic N) is 10. The number of Topliss-reactive ketones (excluding diaryl/α,β-unsaturated/α-hetero) is 2. The molecule has 4 aliphatic rings. The lowest BCUT2D eigenvalue weighted by atomic mass is 9.99. The van der Waals surface area contributed by atoms with Gasteiger partial charge in [0.15, 0.2) is 0 Å². The number of rotatable bonds is 36. The maximum absolute atomic E-state index is 14.1. The minimum Gasteiger partial charge on any atom is -0.494 e. The van der Waals surface area contributed by atoms with Crippen LogP contribution in [0.5, 0.6) is 5.75 Å². The fourth-order valence-corrected chi connectivity index (χ4v) is 12.9. The summed E-state index contributed by atoms with van der Waals surface area (Å²) < 4.78 is 33.9. The predicted octanol–water partition coefficient (Wildman–Crippen LogP) is 3.82. The number of unbranched alkanes of at least 4 members (excludes halogenated alkanes) is 4. The van der Waals surface area contributed by atoms with Gasteiger partial charge in [0.2, 0.25) is 23.6 Å². The zero-order chi connectivity index (χ0) is 70.0. The van der Waals surface area contributed by atoms with E-state index in [0.29, 0.717) is 81.5 Å². The van der Waals surface area contributed by atoms with E-state index in [-0.39, 0.29) is 127 Å². The van der Waals surface area contributed by atoms with E-state index in [1.165, 1.54) is 23.4 Å². The number of alkyl halides is 2. The minimum absolute atomic E-state index is 0.00873. The number of aryl methyl sites for hydroxylation is 2. The Kier molecular flexibility index (Phi) is 30.2. The second-order valence-corrected chi connectivity index (χ2v) is 26.2. The van der Waals surface area contributed by atoms with Crippen molar-refractivity contribution in [3.63, 3.8) is 0 Å². The molecule has 4 saturated heterocycles. The largest absolute Gasteiger partial charge is 0.494 e. The highest BCUT2D eigenvalue weighted by Gasteiger charge is 2.47. The lowest BCUT2D eigenvalue weighted by Crippen LogP contribution is -2.52. The zero-order valence-corrected chi connectivity index (χ0v) is 56.0. The van der Waals surface area contributed by atoms with E-state index in [1.807, 2.05) is 11.8 Å². The monoisotopic (exact) mass is 1350 g/mol. The van der Waals surface area contributed by atoms with Crippen LogP contribution in [-0.4, -0.2) is 280 Å². The number of amides is 5. The number of hydrogen-bond acceptors (Lipinski definition) is 19. The summed E-state index contributed by atoms with van der Waals surface area (Å²) in [6.45, 7) is 6.58. The van der Waals surface area contributed by atoms with Gasteiger partial charge in [-0.1, -0.05) is 56.0 Å². The number of ketones is 2. The molecule has 5 heterocycles. The number of piperazine rings is 1. The van der Waals surface area contributed by atoms with Gasteiger partial charge in [-0.3, -0.25) is 82.3 Å². The number of carboxylic acids is 3. The first-order valence-electron chi connectivity index (χ1n) is 34.0. The maximum atomic E-state index is 14.1. The molecule has 97 heavy (non-hydrogen) atoms. The Morgan fingerprint density at radius 2 is 1.30 bits per heavy atom. The summed E-state index contributed by atoms with van der Waals surface area (Å²) in [5.41, 5.74) is 3.09. The molecule has 5 amide bonds. The number of nitrogens with one attached hydrogen (secondary N) is 2. The number of benzene rings is 2. The topological polar surface area (TPSA) is 327 Å². The molecule has 4 atom stereocenters. The third-order valence-electron chi connectivity index (χ3n) is 18.5. The first-order chi connectivity index (χ1) is 46.4. The average molecular weight is 1360 g/mol. The SMILES string of the molecule is Cc1ccc(CCCC(=O)CCCCCCC(CCC(=O)CN2CCN(CC(=O)O)CCN(CC(=O)O)CCN(CC(=O)O)CC2)NC2CC(=O)N(CC(C)C(=O)N3CCN(CCCCOc4ccc5nccc(C(=O)NCC(=O)N6CC(F)(F)C[C@@H]6C#N)c5c4)CC3)C2=O)cc1. The van der Waals surface area contributed by atoms with Gasteiger partial charge in [-0.15, -0.1) is 0 Å². The zero-order valence-electron chi connectivity index (χ0n) is 56.0. The number of aromatic nitrogens is 1. The second-order valence-electron chi connectivity index (χ2n) is 26.2. The van der Waals surface area contributed by atoms with Crippen LogP contribution in [0.15, 0.2) is 54.7 Å². The smallest absolute Gasteiger partial charge is 0.317 e. The molecular formula is C69H96F2N12O14. The number of hydrogen-bond donors (Lipinski definition) is 5. The summed E-state index contributed by atoms with van der Waals surface area (Å²) >= 11 is 0. The summed E-state index contributed by atoms with van der Waals surface area (Å²) in [6.07, 6.45) is 8.76. The highest BCUT2D eigenvalue weighted by molar-refractivity contribution is 6.07. The lowest BCUT2D eigenvalue weighted by Gasteiger charge is -2.36. The normalized spacial score (nSPS) is 19.4. The van der Waals surface area contributed by atoms with Crippen LogP contribution in [0.2, 0.25) is 0 Å². The number of halogens is 2. The van der Waals surface area contributed by atoms with Crippen LogP contribution < -0.4 is 15.4 Å². The van der Waals surface area contributed by atoms with Crippen LogP contribution in [0.25, 0.3) is 10.9 Å². The number of likely N-dealkylation sites (tertiary alicyclic amines) is 2. The molecular weight excluding hydrogens is 1260 g/mol. The first-order valence-corrected chi connectivity index (χ1v) is 34.0. The quantitative estimate of drug-likeness (QED) is 0.0408. The van der Waals surface area contributed by atoms with Crippen LogP contribution in [-0.2, 0) is 49.6 Å². The van der Waals surface area contributed by atoms with Crippen molar-refractivity contribution in [2.24, 2.45) is 5.92 Å². The van der Waals surface area contributed by atoms with E-state index in [9.17, 15) is 77.3 Å². The van der Waals surface area contributed by atoms with E-state index in [0.717, 1.165) is 61.3 Å². The van der Waals surface area contributed by atoms with Crippen molar-refractivity contribution >= 4 is 69.9 Å². The predicted molar refractivity (Wildman–Crippen MR) is 353 cm³/mol. The van der Waals surface area contributed by atoms with Crippen molar-refractivity contribution in [1.29, 1.82) is 5.26 Å². The van der Waals surface area contributed by atoms with Crippen molar-refractivity contribution in [3.05, 3.63) is 71.4 Å². The number of nitriles is 1. The molecule has 0 radical (unpaired) electrons. The summed E-state index contributed by atoms with van der Waals surface area (Å²) in [6, 6.07) is 14.1. The number of carbonyl (C=O) groups is 10. The number of aliphatic carboxylic acids is 3. The molecule has 3 aromatic rings. The number of pyridine rings is 1. The summed E-state index contributed by atoms with van der Waals surface area (Å²) in [7, 11) is 0. The van der Waals surface area contributed by atoms with Crippen LogP contribution >= 0.6 is 0 Å². The van der Waals surface area contributed by atoms with Crippen molar-refractivity contribution in [2.45, 2.75) is 134 Å². The molecule has 5 N–H and O–H groups in total. The van der Waals surface area contributed by atoms with E-state index >= 15 is 0 Å². The van der Waals surface area contributed by atoms with Crippen LogP contribution in [0, 0.1) is 24.2 Å². The van der Waals surface area contributed by atoms with Gasteiger partial charge in [-0.05, 0) is 88.2 Å². The van der Waals surface area contributed by atoms with E-state index in [2.05, 4.69) is 44.8 Å². The van der Waals surface area contributed by atoms with Crippen molar-refractivity contribution < 1.29 is 76.8 Å². The van der Waals surface area contributed by atoms with Gasteiger partial charge in [-0.2, -0.15) is 5.26 Å². The van der Waals surface area contributed by atoms with Gasteiger partial charge in [0, 0.05) is 128 Å². The Labute approximate surface area is 565 Å². The van der Waals surface area contributed by atoms with Gasteiger partial charge in [0.05, 0.1) is 81.4 Å². The Morgan fingerprint density at radius 1 is 0.701 bits per heavy atom. The van der Waals surface area contributed by atoms with Gasteiger partial charge in [-0.25, -0.2) is 8.78 Å². The molecule has 28 heteroatoms. The molecule has 2 aromatic carbocycles. The molecule has 0 bridgehead atoms. The third-order valence-corrected chi connectivity index (χ3v) is 18.5. The summed E-state index contributed by atoms with van der Waals surface area (Å²) in [5, 5.41) is 44.6. The highest BCUT2D eigenvalue weighted by Crippen LogP contribution is 2.32. The third kappa shape index (κ3) is 25.5. The van der Waals surface area contributed by atoms with Gasteiger partial charge in [0.25, 0.3) is 11.8 Å². The Hall–Kier alpha value is -7.94. The summed E-state index contributed by atoms with van der Waals surface area (Å²) in [5.74, 6) is -8.88. The van der Waals surface area contributed by atoms with E-state index < -0.39 is 85.0 Å². The molecule has 3 unspecified atom stereocenters. The Morgan fingerprint density at radius 3 is 1.92 bits per heavy atom. The molecule has 7 rings (SSSR count). The average Bonchev–Trinajstić information content (AvgIpc) is 1.78. The lowest BCUT2D eigenvalue weighted by molar-refractivity contribution is -0.143. The Bertz CT molecular complexity index is 3210. The maximum Gasteiger partial charge on any atom is 0.317 e. The molecule has 4 aliphatic heterocycles. The number of fused-ring (bicyclic) bond motifs is 1. The second kappa shape index (κ2) is 38.3. The molecule has 530 valence electrons. The van der Waals surface area contributed by atoms with Crippen molar-refractivity contribution in [1.82, 2.24) is 54.8 Å². The van der Waals surface area contributed by atoms with Crippen molar-refractivity contribution in [2.75, 3.05) is 138 Å². The molecule has 26 nitrogen and oxygen atoms in total. The van der Waals surface area contributed by atoms with Crippen LogP contribution in [0.4, 0.5) is 8.78 Å². The van der Waals surface area contributed by atoms with E-state index in [4.69, 9.17) is 4.74 Å². The number of carbonyl (C=O) groups excluding carboxylic acids is 7. The van der Waals surface area contributed by atoms with Gasteiger partial charge in [0.1, 0.15) is 23.4 Å². The van der Waals surface area contributed by atoms with Crippen LogP contribution in [0.1, 0.15) is 118 Å². The van der Waals surface area contributed by atoms with Crippen molar-refractivity contribution in [3.8, 4) is 11.8 Å². The first kappa shape index (κ1) is 76.4. The van der Waals surface area contributed by atoms with Gasteiger partial charge >= 0.3 is 17.9 Å². The molecule has 0 aliphatic carbocycles. The van der Waals surface area contributed by atoms with Crippen LogP contribution in [0.3, 0.4) is 0 Å². The molecule has 0 saturated carbocycles. The fourth-order valence-electron chi connectivity index (χ4n) is 12.9. The van der Waals surface area contributed by atoms with E-state index in [1.54, 1.807) is 50.8 Å². The Balaban J connectivity index is 0.868. The number of ether oxygens (including phenoxy) is 1. The molecule has 4 fully saturated rings. The minimum atomic E-state index is -3.19.